The van der Waals surface area contributed by atoms with Crippen molar-refractivity contribution in [2.45, 2.75) is 52.4 Å². The standard InChI is InChI=1S/C21H31N5OS/c1-3-24-11-7-22-20(24)16-23-8-4-9-25(13-12-23)17(2)21(27)26-10-5-19-18(15-26)6-14-28-19/h6-7,11,14,17H,3-5,8-10,12-13,15-16H2,1-2H3. The van der Waals surface area contributed by atoms with Crippen LogP contribution >= 0.6 is 11.3 Å². The number of thiophene rings is 1. The molecule has 2 aromatic rings. The van der Waals surface area contributed by atoms with Crippen molar-refractivity contribution in [3.05, 3.63) is 40.1 Å². The van der Waals surface area contributed by atoms with Crippen LogP contribution in [0.25, 0.3) is 0 Å². The Bertz CT molecular complexity index is 800. The van der Waals surface area contributed by atoms with Gasteiger partial charge in [0.25, 0.3) is 0 Å². The fourth-order valence-electron chi connectivity index (χ4n) is 4.37. The second kappa shape index (κ2) is 8.76. The Morgan fingerprint density at radius 2 is 2.14 bits per heavy atom. The van der Waals surface area contributed by atoms with Gasteiger partial charge in [-0.15, -0.1) is 11.3 Å². The van der Waals surface area contributed by atoms with E-state index in [1.165, 1.54) is 10.4 Å². The van der Waals surface area contributed by atoms with Gasteiger partial charge < -0.3 is 9.47 Å². The first-order chi connectivity index (χ1) is 13.7. The first-order valence-electron chi connectivity index (χ1n) is 10.5. The van der Waals surface area contributed by atoms with Gasteiger partial charge in [-0.05, 0) is 50.2 Å². The van der Waals surface area contributed by atoms with E-state index in [-0.39, 0.29) is 11.9 Å². The van der Waals surface area contributed by atoms with Crippen LogP contribution in [0.4, 0.5) is 0 Å². The van der Waals surface area contributed by atoms with E-state index in [1.807, 2.05) is 17.5 Å². The molecule has 0 saturated carbocycles. The third-order valence-corrected chi connectivity index (χ3v) is 7.18. The maximum Gasteiger partial charge on any atom is 0.239 e. The molecule has 1 atom stereocenters. The van der Waals surface area contributed by atoms with E-state index in [9.17, 15) is 4.79 Å². The van der Waals surface area contributed by atoms with Crippen LogP contribution in [0.1, 0.15) is 36.5 Å². The molecule has 0 aliphatic carbocycles. The molecular weight excluding hydrogens is 370 g/mol. The molecule has 2 aliphatic heterocycles. The number of aromatic nitrogens is 2. The second-order valence-corrected chi connectivity index (χ2v) is 8.85. The van der Waals surface area contributed by atoms with E-state index in [0.29, 0.717) is 0 Å². The van der Waals surface area contributed by atoms with E-state index in [1.54, 1.807) is 0 Å². The van der Waals surface area contributed by atoms with Gasteiger partial charge in [-0.1, -0.05) is 0 Å². The Kier molecular flexibility index (Phi) is 6.13. The van der Waals surface area contributed by atoms with Crippen molar-refractivity contribution in [1.82, 2.24) is 24.3 Å². The quantitative estimate of drug-likeness (QED) is 0.772. The molecule has 0 radical (unpaired) electrons. The molecule has 0 spiro atoms. The van der Waals surface area contributed by atoms with Crippen molar-refractivity contribution in [2.75, 3.05) is 32.7 Å². The van der Waals surface area contributed by atoms with Gasteiger partial charge in [0.2, 0.25) is 5.91 Å². The van der Waals surface area contributed by atoms with Crippen LogP contribution < -0.4 is 0 Å². The van der Waals surface area contributed by atoms with E-state index in [4.69, 9.17) is 0 Å². The number of aryl methyl sites for hydroxylation is 1. The molecule has 0 aromatic carbocycles. The minimum absolute atomic E-state index is 0.0437. The summed E-state index contributed by atoms with van der Waals surface area (Å²) in [6.45, 7) is 11.7. The van der Waals surface area contributed by atoms with Gasteiger partial charge in [-0.2, -0.15) is 0 Å². The molecule has 1 amide bonds. The van der Waals surface area contributed by atoms with Gasteiger partial charge in [0, 0.05) is 56.5 Å². The van der Waals surface area contributed by atoms with Gasteiger partial charge in [-0.3, -0.25) is 14.6 Å². The largest absolute Gasteiger partial charge is 0.337 e. The highest BCUT2D eigenvalue weighted by Gasteiger charge is 2.30. The van der Waals surface area contributed by atoms with Gasteiger partial charge >= 0.3 is 0 Å². The molecule has 1 fully saturated rings. The topological polar surface area (TPSA) is 44.6 Å². The summed E-state index contributed by atoms with van der Waals surface area (Å²) in [4.78, 5) is 26.0. The monoisotopic (exact) mass is 401 g/mol. The Morgan fingerprint density at radius 1 is 1.25 bits per heavy atom. The van der Waals surface area contributed by atoms with Gasteiger partial charge in [0.1, 0.15) is 5.82 Å². The summed E-state index contributed by atoms with van der Waals surface area (Å²) >= 11 is 1.82. The summed E-state index contributed by atoms with van der Waals surface area (Å²) in [5, 5.41) is 2.15. The molecule has 28 heavy (non-hydrogen) atoms. The summed E-state index contributed by atoms with van der Waals surface area (Å²) in [7, 11) is 0. The van der Waals surface area contributed by atoms with E-state index < -0.39 is 0 Å². The van der Waals surface area contributed by atoms with Crippen LogP contribution in [0.3, 0.4) is 0 Å². The van der Waals surface area contributed by atoms with Crippen molar-refractivity contribution < 1.29 is 4.79 Å². The number of carbonyl (C=O) groups excluding carboxylic acids is 1. The lowest BCUT2D eigenvalue weighted by Crippen LogP contribution is -2.49. The second-order valence-electron chi connectivity index (χ2n) is 7.85. The molecule has 7 heteroatoms. The summed E-state index contributed by atoms with van der Waals surface area (Å²) in [6.07, 6.45) is 6.04. The van der Waals surface area contributed by atoms with Crippen LogP contribution in [0.15, 0.2) is 23.8 Å². The average Bonchev–Trinajstić information content (AvgIpc) is 3.30. The Balaban J connectivity index is 1.33. The predicted molar refractivity (Wildman–Crippen MR) is 112 cm³/mol. The minimum atomic E-state index is -0.0437. The molecule has 0 N–H and O–H groups in total. The van der Waals surface area contributed by atoms with Crippen LogP contribution in [-0.2, 0) is 30.8 Å². The number of amides is 1. The lowest BCUT2D eigenvalue weighted by molar-refractivity contribution is -0.137. The zero-order valence-electron chi connectivity index (χ0n) is 17.0. The minimum Gasteiger partial charge on any atom is -0.337 e. The molecule has 6 nitrogen and oxygen atoms in total. The highest BCUT2D eigenvalue weighted by atomic mass is 32.1. The summed E-state index contributed by atoms with van der Waals surface area (Å²) in [5.74, 6) is 1.42. The molecule has 4 rings (SSSR count). The normalized spacial score (nSPS) is 20.0. The highest BCUT2D eigenvalue weighted by molar-refractivity contribution is 7.10. The van der Waals surface area contributed by atoms with Crippen molar-refractivity contribution in [3.63, 3.8) is 0 Å². The first-order valence-corrected chi connectivity index (χ1v) is 11.3. The molecule has 1 saturated heterocycles. The molecule has 2 aromatic heterocycles. The number of imidazole rings is 1. The maximum absolute atomic E-state index is 13.1. The van der Waals surface area contributed by atoms with Crippen LogP contribution in [0.2, 0.25) is 0 Å². The van der Waals surface area contributed by atoms with E-state index in [2.05, 4.69) is 55.7 Å². The van der Waals surface area contributed by atoms with Gasteiger partial charge in [-0.25, -0.2) is 4.98 Å². The fraction of sp³-hybridized carbons (Fsp3) is 0.619. The van der Waals surface area contributed by atoms with E-state index >= 15 is 0 Å². The third-order valence-electron chi connectivity index (χ3n) is 6.15. The maximum atomic E-state index is 13.1. The summed E-state index contributed by atoms with van der Waals surface area (Å²) < 4.78 is 2.21. The Labute approximate surface area is 171 Å². The molecule has 1 unspecified atom stereocenters. The smallest absolute Gasteiger partial charge is 0.239 e. The third kappa shape index (κ3) is 4.16. The fourth-order valence-corrected chi connectivity index (χ4v) is 5.26. The molecule has 152 valence electrons. The molecule has 2 aliphatic rings. The van der Waals surface area contributed by atoms with Crippen molar-refractivity contribution >= 4 is 17.2 Å². The predicted octanol–water partition coefficient (Wildman–Crippen LogP) is 2.45. The zero-order chi connectivity index (χ0) is 19.5. The number of carbonyl (C=O) groups is 1. The molecule has 0 bridgehead atoms. The zero-order valence-corrected chi connectivity index (χ0v) is 17.8. The van der Waals surface area contributed by atoms with Crippen molar-refractivity contribution in [1.29, 1.82) is 0 Å². The Morgan fingerprint density at radius 3 is 3.00 bits per heavy atom. The Hall–Kier alpha value is -1.70. The average molecular weight is 402 g/mol. The lowest BCUT2D eigenvalue weighted by Gasteiger charge is -2.34. The van der Waals surface area contributed by atoms with Crippen molar-refractivity contribution in [2.24, 2.45) is 0 Å². The molecule has 4 heterocycles. The lowest BCUT2D eigenvalue weighted by atomic mass is 10.1. The number of fused-ring (bicyclic) bond motifs is 1. The van der Waals surface area contributed by atoms with E-state index in [0.717, 1.165) is 71.0 Å². The molecular formula is C21H31N5OS. The van der Waals surface area contributed by atoms with Gasteiger partial charge in [0.15, 0.2) is 0 Å². The number of nitrogens with zero attached hydrogens (tertiary/aromatic N) is 5. The van der Waals surface area contributed by atoms with Crippen molar-refractivity contribution in [3.8, 4) is 0 Å². The summed E-state index contributed by atoms with van der Waals surface area (Å²) in [5.41, 5.74) is 1.34. The van der Waals surface area contributed by atoms with Gasteiger partial charge in [0.05, 0.1) is 12.6 Å². The van der Waals surface area contributed by atoms with Crippen LogP contribution in [-0.4, -0.2) is 68.9 Å². The number of hydrogen-bond donors (Lipinski definition) is 0. The van der Waals surface area contributed by atoms with Crippen LogP contribution in [0, 0.1) is 0 Å². The SMILES string of the molecule is CCn1ccnc1CN1CCCN(C(C)C(=O)N2CCc3sccc3C2)CC1. The van der Waals surface area contributed by atoms with Crippen LogP contribution in [0.5, 0.6) is 0 Å². The first kappa shape index (κ1) is 19.6. The number of rotatable bonds is 5. The number of hydrogen-bond acceptors (Lipinski definition) is 5. The highest BCUT2D eigenvalue weighted by Crippen LogP contribution is 2.25. The summed E-state index contributed by atoms with van der Waals surface area (Å²) in [6, 6.07) is 2.13.